The van der Waals surface area contributed by atoms with Gasteiger partial charge in [-0.1, -0.05) is 11.8 Å². The number of carbonyl (C=O) groups is 2. The molecule has 0 unspecified atom stereocenters. The molecule has 0 atom stereocenters. The number of fused-ring (bicyclic) bond motifs is 1. The first-order valence-electron chi connectivity index (χ1n) is 6.52. The second kappa shape index (κ2) is 5.76. The summed E-state index contributed by atoms with van der Waals surface area (Å²) in [5, 5.41) is 2.36. The number of nitrogens with zero attached hydrogens (tertiary/aromatic N) is 2. The Bertz CT molecular complexity index is 775. The largest absolute Gasteiger partial charge is 0.468 e. The molecule has 0 aliphatic carbocycles. The Morgan fingerprint density at radius 1 is 1.43 bits per heavy atom. The Kier molecular flexibility index (Phi) is 3.92. The first-order valence-corrected chi connectivity index (χ1v) is 7.51. The van der Waals surface area contributed by atoms with Crippen LogP contribution < -0.4 is 5.32 Å². The van der Waals surface area contributed by atoms with Crippen LogP contribution in [-0.4, -0.2) is 39.9 Å². The number of hydrogen-bond donors (Lipinski definition) is 1. The summed E-state index contributed by atoms with van der Waals surface area (Å²) >= 11 is 1.14. The van der Waals surface area contributed by atoms with E-state index in [4.69, 9.17) is 0 Å². The molecule has 1 saturated heterocycles. The van der Waals surface area contributed by atoms with E-state index in [0.29, 0.717) is 12.3 Å². The fraction of sp³-hybridized carbons (Fsp3) is 0.308. The molecular formula is C13H10F3N3O3S. The maximum Gasteiger partial charge on any atom is 0.468 e. The summed E-state index contributed by atoms with van der Waals surface area (Å²) in [6, 6.07) is 3.99. The van der Waals surface area contributed by atoms with Gasteiger partial charge >= 0.3 is 12.1 Å². The second-order valence-corrected chi connectivity index (χ2v) is 5.83. The molecule has 6 nitrogen and oxygen atoms in total. The third-order valence-electron chi connectivity index (χ3n) is 3.09. The van der Waals surface area contributed by atoms with Crippen molar-refractivity contribution in [3.8, 4) is 0 Å². The van der Waals surface area contributed by atoms with Gasteiger partial charge < -0.3 is 14.6 Å². The van der Waals surface area contributed by atoms with Crippen molar-refractivity contribution in [3.05, 3.63) is 24.1 Å². The summed E-state index contributed by atoms with van der Waals surface area (Å²) in [5.74, 6) is -1.13. The number of carbonyl (C=O) groups excluding carboxylic acids is 2. The number of amides is 2. The first-order chi connectivity index (χ1) is 10.8. The lowest BCUT2D eigenvalue weighted by Crippen LogP contribution is -2.33. The summed E-state index contributed by atoms with van der Waals surface area (Å²) in [7, 11) is 0. The van der Waals surface area contributed by atoms with Gasteiger partial charge in [0.2, 0.25) is 5.91 Å². The van der Waals surface area contributed by atoms with E-state index in [1.165, 1.54) is 23.1 Å². The molecule has 10 heteroatoms. The lowest BCUT2D eigenvalue weighted by Gasteiger charge is -2.13. The Morgan fingerprint density at radius 2 is 2.22 bits per heavy atom. The van der Waals surface area contributed by atoms with E-state index in [2.05, 4.69) is 14.7 Å². The van der Waals surface area contributed by atoms with Crippen LogP contribution in [0, 0.1) is 0 Å². The van der Waals surface area contributed by atoms with Crippen molar-refractivity contribution in [3.63, 3.8) is 0 Å². The van der Waals surface area contributed by atoms with Gasteiger partial charge in [-0.15, -0.1) is 0 Å². The molecule has 1 aliphatic rings. The second-order valence-electron chi connectivity index (χ2n) is 4.78. The Hall–Kier alpha value is -2.23. The molecule has 23 heavy (non-hydrogen) atoms. The van der Waals surface area contributed by atoms with E-state index in [1.54, 1.807) is 0 Å². The zero-order valence-electron chi connectivity index (χ0n) is 11.5. The highest BCUT2D eigenvalue weighted by molar-refractivity contribution is 8.13. The lowest BCUT2D eigenvalue weighted by molar-refractivity contribution is -0.156. The summed E-state index contributed by atoms with van der Waals surface area (Å²) in [6.07, 6.45) is -4.67. The topological polar surface area (TPSA) is 75.4 Å². The number of rotatable bonds is 3. The first kappa shape index (κ1) is 15.7. The van der Waals surface area contributed by atoms with Crippen LogP contribution in [0.1, 0.15) is 5.89 Å². The molecule has 3 rings (SSSR count). The van der Waals surface area contributed by atoms with E-state index in [1.807, 2.05) is 0 Å². The number of benzene rings is 1. The SMILES string of the molecule is O=C(CN1CCSC1=O)Nc1ccc2oc(C(F)(F)F)nc2c1. The van der Waals surface area contributed by atoms with Gasteiger partial charge in [-0.3, -0.25) is 9.59 Å². The number of oxazole rings is 1. The van der Waals surface area contributed by atoms with Crippen molar-refractivity contribution in [2.75, 3.05) is 24.2 Å². The van der Waals surface area contributed by atoms with Crippen LogP contribution in [0.25, 0.3) is 11.1 Å². The van der Waals surface area contributed by atoms with E-state index < -0.39 is 18.0 Å². The highest BCUT2D eigenvalue weighted by atomic mass is 32.2. The Labute approximate surface area is 132 Å². The monoisotopic (exact) mass is 345 g/mol. The minimum atomic E-state index is -4.67. The number of anilines is 1. The van der Waals surface area contributed by atoms with Crippen LogP contribution in [0.2, 0.25) is 0 Å². The molecule has 1 aromatic heterocycles. The van der Waals surface area contributed by atoms with Gasteiger partial charge in [0.25, 0.3) is 5.24 Å². The van der Waals surface area contributed by atoms with Gasteiger partial charge in [0.1, 0.15) is 12.1 Å². The van der Waals surface area contributed by atoms with Gasteiger partial charge in [-0.25, -0.2) is 4.98 Å². The van der Waals surface area contributed by atoms with Gasteiger partial charge in [-0.2, -0.15) is 13.2 Å². The van der Waals surface area contributed by atoms with E-state index >= 15 is 0 Å². The number of alkyl halides is 3. The fourth-order valence-corrected chi connectivity index (χ4v) is 2.89. The molecule has 0 bridgehead atoms. The molecule has 122 valence electrons. The minimum Gasteiger partial charge on any atom is -0.433 e. The molecule has 0 saturated carbocycles. The Morgan fingerprint density at radius 3 is 2.87 bits per heavy atom. The van der Waals surface area contributed by atoms with Crippen molar-refractivity contribution in [2.24, 2.45) is 0 Å². The molecule has 1 aromatic carbocycles. The smallest absolute Gasteiger partial charge is 0.433 e. The van der Waals surface area contributed by atoms with Gasteiger partial charge in [-0.05, 0) is 18.2 Å². The van der Waals surface area contributed by atoms with Crippen molar-refractivity contribution >= 4 is 39.7 Å². The quantitative estimate of drug-likeness (QED) is 0.926. The van der Waals surface area contributed by atoms with E-state index in [0.717, 1.165) is 11.8 Å². The van der Waals surface area contributed by atoms with Crippen molar-refractivity contribution < 1.29 is 27.2 Å². The molecule has 1 aliphatic heterocycles. The standard InChI is InChI=1S/C13H10F3N3O3S/c14-13(15,16)11-18-8-5-7(1-2-9(8)22-11)17-10(20)6-19-3-4-23-12(19)21/h1-2,5H,3-4,6H2,(H,17,20). The highest BCUT2D eigenvalue weighted by Gasteiger charge is 2.37. The zero-order chi connectivity index (χ0) is 16.6. The van der Waals surface area contributed by atoms with Crippen molar-refractivity contribution in [2.45, 2.75) is 6.18 Å². The van der Waals surface area contributed by atoms with Crippen LogP contribution in [-0.2, 0) is 11.0 Å². The maximum absolute atomic E-state index is 12.5. The minimum absolute atomic E-state index is 0.0112. The van der Waals surface area contributed by atoms with Crippen LogP contribution >= 0.6 is 11.8 Å². The van der Waals surface area contributed by atoms with Crippen molar-refractivity contribution in [1.29, 1.82) is 0 Å². The van der Waals surface area contributed by atoms with Crippen molar-refractivity contribution in [1.82, 2.24) is 9.88 Å². The molecule has 1 N–H and O–H groups in total. The molecule has 2 amide bonds. The number of hydrogen-bond acceptors (Lipinski definition) is 5. The average Bonchev–Trinajstić information content (AvgIpc) is 3.05. The maximum atomic E-state index is 12.5. The fourth-order valence-electron chi connectivity index (χ4n) is 2.07. The third-order valence-corrected chi connectivity index (χ3v) is 3.99. The van der Waals surface area contributed by atoms with Crippen LogP contribution in [0.4, 0.5) is 23.7 Å². The van der Waals surface area contributed by atoms with Gasteiger partial charge in [0, 0.05) is 18.0 Å². The number of nitrogens with one attached hydrogen (secondary N) is 1. The molecule has 0 spiro atoms. The van der Waals surface area contributed by atoms with Crippen LogP contribution in [0.15, 0.2) is 22.6 Å². The summed E-state index contributed by atoms with van der Waals surface area (Å²) in [4.78, 5) is 28.0. The van der Waals surface area contributed by atoms with Gasteiger partial charge in [0.15, 0.2) is 5.58 Å². The lowest BCUT2D eigenvalue weighted by atomic mass is 10.3. The molecule has 1 fully saturated rings. The average molecular weight is 345 g/mol. The number of aromatic nitrogens is 1. The third kappa shape index (κ3) is 3.41. The highest BCUT2D eigenvalue weighted by Crippen LogP contribution is 2.31. The van der Waals surface area contributed by atoms with Crippen LogP contribution in [0.5, 0.6) is 0 Å². The summed E-state index contributed by atoms with van der Waals surface area (Å²) < 4.78 is 42.2. The molecular weight excluding hydrogens is 335 g/mol. The number of thioether (sulfide) groups is 1. The Balaban J connectivity index is 1.73. The predicted molar refractivity (Wildman–Crippen MR) is 77.1 cm³/mol. The van der Waals surface area contributed by atoms with Crippen LogP contribution in [0.3, 0.4) is 0 Å². The predicted octanol–water partition coefficient (Wildman–Crippen LogP) is 2.95. The normalized spacial score (nSPS) is 15.4. The zero-order valence-corrected chi connectivity index (χ0v) is 12.3. The summed E-state index contributed by atoms with van der Waals surface area (Å²) in [5.41, 5.74) is 0.244. The molecule has 2 aromatic rings. The van der Waals surface area contributed by atoms with Gasteiger partial charge in [0.05, 0.1) is 0 Å². The van der Waals surface area contributed by atoms with E-state index in [-0.39, 0.29) is 28.6 Å². The summed E-state index contributed by atoms with van der Waals surface area (Å²) in [6.45, 7) is 0.394. The van der Waals surface area contributed by atoms with E-state index in [9.17, 15) is 22.8 Å². The molecule has 0 radical (unpaired) electrons. The number of halogens is 3. The molecule has 2 heterocycles.